The number of esters is 1. The van der Waals surface area contributed by atoms with Gasteiger partial charge in [-0.3, -0.25) is 19.3 Å². The number of amides is 3. The van der Waals surface area contributed by atoms with Gasteiger partial charge in [0.25, 0.3) is 0 Å². The highest BCUT2D eigenvalue weighted by Gasteiger charge is 2.51. The molecule has 1 saturated carbocycles. The Labute approximate surface area is 162 Å². The van der Waals surface area contributed by atoms with Gasteiger partial charge in [-0.25, -0.2) is 4.79 Å². The van der Waals surface area contributed by atoms with E-state index in [2.05, 4.69) is 5.32 Å². The summed E-state index contributed by atoms with van der Waals surface area (Å²) in [5.41, 5.74) is 0.120. The predicted octanol–water partition coefficient (Wildman–Crippen LogP) is 2.88. The van der Waals surface area contributed by atoms with E-state index < -0.39 is 17.3 Å². The molecule has 1 aromatic heterocycles. The second kappa shape index (κ2) is 7.80. The highest BCUT2D eigenvalue weighted by Crippen LogP contribution is 2.45. The topological polar surface area (TPSA) is 92.8 Å². The summed E-state index contributed by atoms with van der Waals surface area (Å²) in [7, 11) is 0. The van der Waals surface area contributed by atoms with Gasteiger partial charge in [-0.05, 0) is 38.3 Å². The first kappa shape index (κ1) is 19.5. The highest BCUT2D eigenvalue weighted by atomic mass is 32.1. The largest absolute Gasteiger partial charge is 0.462 e. The normalized spacial score (nSPS) is 18.8. The number of imide groups is 1. The number of nitrogens with one attached hydrogen (secondary N) is 1. The van der Waals surface area contributed by atoms with Crippen LogP contribution in [0.5, 0.6) is 0 Å². The van der Waals surface area contributed by atoms with E-state index in [4.69, 9.17) is 4.74 Å². The average Bonchev–Trinajstić information content (AvgIpc) is 3.09. The van der Waals surface area contributed by atoms with Gasteiger partial charge in [-0.1, -0.05) is 19.3 Å². The fourth-order valence-electron chi connectivity index (χ4n) is 3.90. The minimum absolute atomic E-state index is 0.211. The molecule has 1 aliphatic carbocycles. The summed E-state index contributed by atoms with van der Waals surface area (Å²) in [6.07, 6.45) is 4.65. The fraction of sp³-hybridized carbons (Fsp3) is 0.579. The second-order valence-corrected chi connectivity index (χ2v) is 8.25. The first-order valence-corrected chi connectivity index (χ1v) is 10.1. The van der Waals surface area contributed by atoms with Crippen LogP contribution < -0.4 is 5.32 Å². The van der Waals surface area contributed by atoms with Crippen LogP contribution in [0.15, 0.2) is 6.07 Å². The van der Waals surface area contributed by atoms with E-state index in [-0.39, 0.29) is 31.4 Å². The van der Waals surface area contributed by atoms with Crippen molar-refractivity contribution >= 4 is 40.0 Å². The molecular formula is C19H24N2O5S. The number of rotatable bonds is 5. The number of aryl methyl sites for hydroxylation is 1. The van der Waals surface area contributed by atoms with Gasteiger partial charge in [-0.15, -0.1) is 11.3 Å². The van der Waals surface area contributed by atoms with Gasteiger partial charge >= 0.3 is 5.97 Å². The van der Waals surface area contributed by atoms with Crippen molar-refractivity contribution in [2.75, 3.05) is 18.5 Å². The molecule has 1 aromatic rings. The molecule has 146 valence electrons. The van der Waals surface area contributed by atoms with Crippen LogP contribution in [0.4, 0.5) is 5.00 Å². The summed E-state index contributed by atoms with van der Waals surface area (Å²) in [6.45, 7) is 3.48. The predicted molar refractivity (Wildman–Crippen MR) is 100 cm³/mol. The lowest BCUT2D eigenvalue weighted by molar-refractivity contribution is -0.144. The van der Waals surface area contributed by atoms with Crippen LogP contribution in [0.1, 0.15) is 60.7 Å². The van der Waals surface area contributed by atoms with Crippen molar-refractivity contribution in [3.8, 4) is 0 Å². The molecule has 8 heteroatoms. The van der Waals surface area contributed by atoms with Crippen LogP contribution in [0.25, 0.3) is 0 Å². The van der Waals surface area contributed by atoms with Crippen molar-refractivity contribution in [3.05, 3.63) is 16.5 Å². The smallest absolute Gasteiger partial charge is 0.348 e. The summed E-state index contributed by atoms with van der Waals surface area (Å²) in [5, 5.41) is 3.18. The zero-order valence-corrected chi connectivity index (χ0v) is 16.4. The van der Waals surface area contributed by atoms with Crippen LogP contribution in [0.2, 0.25) is 0 Å². The molecule has 0 atom stereocenters. The molecule has 1 spiro atoms. The van der Waals surface area contributed by atoms with E-state index >= 15 is 0 Å². The molecule has 0 bridgehead atoms. The molecule has 1 N–H and O–H groups in total. The first-order valence-electron chi connectivity index (χ1n) is 9.28. The van der Waals surface area contributed by atoms with Gasteiger partial charge < -0.3 is 10.1 Å². The van der Waals surface area contributed by atoms with Gasteiger partial charge in [0.1, 0.15) is 11.4 Å². The molecule has 2 heterocycles. The lowest BCUT2D eigenvalue weighted by atomic mass is 9.73. The van der Waals surface area contributed by atoms with Crippen molar-refractivity contribution in [3.63, 3.8) is 0 Å². The van der Waals surface area contributed by atoms with Crippen LogP contribution in [0.3, 0.4) is 0 Å². The first-order chi connectivity index (χ1) is 12.9. The Bertz CT molecular complexity index is 779. The minimum Gasteiger partial charge on any atom is -0.462 e. The highest BCUT2D eigenvalue weighted by molar-refractivity contribution is 7.18. The number of likely N-dealkylation sites (tertiary alicyclic amines) is 1. The number of carbonyl (C=O) groups excluding carboxylic acids is 4. The molecule has 1 saturated heterocycles. The summed E-state index contributed by atoms with van der Waals surface area (Å²) in [6, 6.07) is 1.69. The van der Waals surface area contributed by atoms with Gasteiger partial charge in [0.2, 0.25) is 17.7 Å². The zero-order valence-electron chi connectivity index (χ0n) is 15.6. The average molecular weight is 392 g/mol. The van der Waals surface area contributed by atoms with Gasteiger partial charge in [0.05, 0.1) is 17.0 Å². The number of thiophene rings is 1. The number of hydrogen-bond acceptors (Lipinski definition) is 6. The van der Waals surface area contributed by atoms with Crippen molar-refractivity contribution in [1.82, 2.24) is 4.90 Å². The monoisotopic (exact) mass is 392 g/mol. The van der Waals surface area contributed by atoms with Crippen molar-refractivity contribution in [1.29, 1.82) is 0 Å². The van der Waals surface area contributed by atoms with E-state index in [1.807, 2.05) is 0 Å². The molecule has 0 unspecified atom stereocenters. The third kappa shape index (κ3) is 3.90. The maximum absolute atomic E-state index is 12.8. The van der Waals surface area contributed by atoms with Crippen LogP contribution >= 0.6 is 11.3 Å². The Hall–Kier alpha value is -2.22. The zero-order chi connectivity index (χ0) is 19.6. The molecule has 0 radical (unpaired) electrons. The maximum atomic E-state index is 12.8. The van der Waals surface area contributed by atoms with E-state index in [0.717, 1.165) is 48.3 Å². The second-order valence-electron chi connectivity index (χ2n) is 7.19. The lowest BCUT2D eigenvalue weighted by Gasteiger charge is -2.30. The molecule has 3 amide bonds. The molecule has 3 rings (SSSR count). The van der Waals surface area contributed by atoms with Crippen molar-refractivity contribution in [2.45, 2.75) is 52.4 Å². The lowest BCUT2D eigenvalue weighted by Crippen LogP contribution is -2.41. The quantitative estimate of drug-likeness (QED) is 0.614. The van der Waals surface area contributed by atoms with E-state index in [1.54, 1.807) is 19.9 Å². The minimum atomic E-state index is -0.591. The third-order valence-electron chi connectivity index (χ3n) is 5.24. The molecular weight excluding hydrogens is 368 g/mol. The third-order valence-corrected chi connectivity index (χ3v) is 6.38. The van der Waals surface area contributed by atoms with Crippen LogP contribution in [-0.4, -0.2) is 41.7 Å². The van der Waals surface area contributed by atoms with E-state index in [0.29, 0.717) is 15.4 Å². The molecule has 0 aromatic carbocycles. The summed E-state index contributed by atoms with van der Waals surface area (Å²) in [4.78, 5) is 50.9. The van der Waals surface area contributed by atoms with Crippen molar-refractivity contribution in [2.24, 2.45) is 5.41 Å². The van der Waals surface area contributed by atoms with Crippen LogP contribution in [-0.2, 0) is 19.1 Å². The van der Waals surface area contributed by atoms with Gasteiger partial charge in [-0.2, -0.15) is 0 Å². The summed E-state index contributed by atoms with van der Waals surface area (Å²) < 4.78 is 4.99. The Morgan fingerprint density at radius 2 is 1.96 bits per heavy atom. The number of ether oxygens (including phenoxy) is 1. The Morgan fingerprint density at radius 3 is 2.63 bits per heavy atom. The standard InChI is InChI=1S/C19H24N2O5S/c1-3-26-17(24)16-12(2)9-14(27-16)20-13(22)11-21-15(23)10-19(18(21)25)7-5-4-6-8-19/h9H,3-8,10-11H2,1-2H3,(H,20,22). The molecule has 7 nitrogen and oxygen atoms in total. The molecule has 1 aliphatic heterocycles. The van der Waals surface area contributed by atoms with E-state index in [9.17, 15) is 19.2 Å². The van der Waals surface area contributed by atoms with Gasteiger partial charge in [0.15, 0.2) is 0 Å². The van der Waals surface area contributed by atoms with Gasteiger partial charge in [0, 0.05) is 6.42 Å². The Morgan fingerprint density at radius 1 is 1.26 bits per heavy atom. The fourth-order valence-corrected chi connectivity index (χ4v) is 4.89. The summed E-state index contributed by atoms with van der Waals surface area (Å²) >= 11 is 1.12. The summed E-state index contributed by atoms with van der Waals surface area (Å²) in [5.74, 6) is -1.35. The van der Waals surface area contributed by atoms with E-state index in [1.165, 1.54) is 0 Å². The SMILES string of the molecule is CCOC(=O)c1sc(NC(=O)CN2C(=O)CC3(CCCCC3)C2=O)cc1C. The Balaban J connectivity index is 1.64. The number of anilines is 1. The molecule has 2 aliphatic rings. The van der Waals surface area contributed by atoms with Crippen LogP contribution in [0, 0.1) is 12.3 Å². The van der Waals surface area contributed by atoms with Crippen molar-refractivity contribution < 1.29 is 23.9 Å². The number of hydrogen-bond donors (Lipinski definition) is 1. The molecule has 27 heavy (non-hydrogen) atoms. The number of carbonyl (C=O) groups is 4. The molecule has 2 fully saturated rings. The Kier molecular flexibility index (Phi) is 5.64. The maximum Gasteiger partial charge on any atom is 0.348 e. The number of nitrogens with zero attached hydrogens (tertiary/aromatic N) is 1.